The fourth-order valence-corrected chi connectivity index (χ4v) is 4.02. The van der Waals surface area contributed by atoms with Gasteiger partial charge in [0, 0.05) is 29.3 Å². The molecule has 0 N–H and O–H groups in total. The fraction of sp³-hybridized carbons (Fsp3) is 0.476. The third-order valence-corrected chi connectivity index (χ3v) is 5.21. The van der Waals surface area contributed by atoms with Crippen molar-refractivity contribution < 1.29 is 14.3 Å². The molecule has 1 heterocycles. The van der Waals surface area contributed by atoms with E-state index < -0.39 is 5.92 Å². The first-order valence-electron chi connectivity index (χ1n) is 8.74. The van der Waals surface area contributed by atoms with E-state index in [9.17, 15) is 10.1 Å². The van der Waals surface area contributed by atoms with Gasteiger partial charge in [-0.3, -0.25) is 9.79 Å². The summed E-state index contributed by atoms with van der Waals surface area (Å²) in [6.07, 6.45) is 1.22. The number of ether oxygens (including phenoxy) is 2. The molecule has 0 amide bonds. The summed E-state index contributed by atoms with van der Waals surface area (Å²) in [7, 11) is 3.16. The third-order valence-electron chi connectivity index (χ3n) is 5.21. The lowest BCUT2D eigenvalue weighted by Crippen LogP contribution is -2.35. The van der Waals surface area contributed by atoms with Crippen LogP contribution < -0.4 is 9.47 Å². The van der Waals surface area contributed by atoms with E-state index in [1.54, 1.807) is 14.2 Å². The summed E-state index contributed by atoms with van der Waals surface area (Å²) in [6, 6.07) is 7.95. The molecule has 0 fully saturated rings. The largest absolute Gasteiger partial charge is 0.493 e. The maximum absolute atomic E-state index is 13.0. The number of ketones is 1. The summed E-state index contributed by atoms with van der Waals surface area (Å²) < 4.78 is 10.7. The number of aliphatic imine (C=N–C) groups is 1. The summed E-state index contributed by atoms with van der Waals surface area (Å²) in [6.45, 7) is 6.04. The number of methoxy groups -OCH3 is 2. The monoisotopic (exact) mass is 352 g/mol. The van der Waals surface area contributed by atoms with Crippen LogP contribution in [0.4, 0.5) is 0 Å². The molecule has 0 bridgehead atoms. The van der Waals surface area contributed by atoms with Crippen LogP contribution in [0.5, 0.6) is 11.5 Å². The molecule has 1 aliphatic carbocycles. The molecule has 0 radical (unpaired) electrons. The molecular formula is C21H24N2O3. The molecule has 1 unspecified atom stereocenters. The highest BCUT2D eigenvalue weighted by Crippen LogP contribution is 2.48. The Kier molecular flexibility index (Phi) is 4.62. The van der Waals surface area contributed by atoms with Crippen molar-refractivity contribution in [2.75, 3.05) is 14.2 Å². The van der Waals surface area contributed by atoms with Gasteiger partial charge in [0.2, 0.25) is 0 Å². The van der Waals surface area contributed by atoms with Crippen LogP contribution in [-0.2, 0) is 4.79 Å². The Morgan fingerprint density at radius 1 is 1.19 bits per heavy atom. The number of benzene rings is 1. The topological polar surface area (TPSA) is 71.7 Å². The van der Waals surface area contributed by atoms with E-state index in [1.165, 1.54) is 0 Å². The van der Waals surface area contributed by atoms with E-state index in [1.807, 2.05) is 25.1 Å². The molecule has 0 saturated carbocycles. The molecule has 5 heteroatoms. The number of nitrogens with zero attached hydrogens (tertiary/aromatic N) is 2. The van der Waals surface area contributed by atoms with E-state index in [-0.39, 0.29) is 17.1 Å². The van der Waals surface area contributed by atoms with Crippen molar-refractivity contribution in [3.05, 3.63) is 35.0 Å². The third kappa shape index (κ3) is 3.01. The molecule has 1 aromatic carbocycles. The first kappa shape index (κ1) is 18.2. The van der Waals surface area contributed by atoms with Crippen molar-refractivity contribution in [1.29, 1.82) is 5.26 Å². The van der Waals surface area contributed by atoms with Crippen LogP contribution >= 0.6 is 0 Å². The highest BCUT2D eigenvalue weighted by Gasteiger charge is 2.43. The van der Waals surface area contributed by atoms with Crippen LogP contribution in [0.1, 0.15) is 45.1 Å². The Morgan fingerprint density at radius 3 is 2.50 bits per heavy atom. The van der Waals surface area contributed by atoms with Crippen molar-refractivity contribution in [2.24, 2.45) is 16.3 Å². The zero-order valence-electron chi connectivity index (χ0n) is 15.9. The average molecular weight is 352 g/mol. The van der Waals surface area contributed by atoms with Gasteiger partial charge in [0.25, 0.3) is 0 Å². The minimum atomic E-state index is -0.461. The fourth-order valence-electron chi connectivity index (χ4n) is 4.02. The molecule has 0 aromatic heterocycles. The molecule has 5 nitrogen and oxygen atoms in total. The number of Topliss-reactive ketones (excluding diaryl/α,β-unsaturated/α-hetero) is 1. The van der Waals surface area contributed by atoms with Gasteiger partial charge in [-0.1, -0.05) is 19.9 Å². The minimum absolute atomic E-state index is 0.0903. The van der Waals surface area contributed by atoms with Gasteiger partial charge in [-0.05, 0) is 36.5 Å². The van der Waals surface area contributed by atoms with Crippen molar-refractivity contribution in [1.82, 2.24) is 0 Å². The van der Waals surface area contributed by atoms with Crippen LogP contribution in [0.25, 0.3) is 0 Å². The van der Waals surface area contributed by atoms with E-state index in [0.29, 0.717) is 23.5 Å². The van der Waals surface area contributed by atoms with Crippen LogP contribution in [0.2, 0.25) is 0 Å². The number of hydrogen-bond donors (Lipinski definition) is 0. The Labute approximate surface area is 154 Å². The second kappa shape index (κ2) is 6.60. The zero-order valence-corrected chi connectivity index (χ0v) is 15.9. The Hall–Kier alpha value is -2.61. The molecule has 0 saturated heterocycles. The van der Waals surface area contributed by atoms with Gasteiger partial charge in [-0.25, -0.2) is 0 Å². The van der Waals surface area contributed by atoms with Crippen LogP contribution in [0.3, 0.4) is 0 Å². The highest BCUT2D eigenvalue weighted by molar-refractivity contribution is 6.03. The number of allylic oxidation sites excluding steroid dienone is 2. The van der Waals surface area contributed by atoms with E-state index in [4.69, 9.17) is 9.47 Å². The van der Waals surface area contributed by atoms with Gasteiger partial charge in [0.1, 0.15) is 0 Å². The second-order valence-electron chi connectivity index (χ2n) is 7.75. The van der Waals surface area contributed by atoms with Gasteiger partial charge < -0.3 is 9.47 Å². The number of hydrogen-bond acceptors (Lipinski definition) is 5. The number of nitriles is 1. The molecule has 0 spiro atoms. The molecular weight excluding hydrogens is 328 g/mol. The van der Waals surface area contributed by atoms with Gasteiger partial charge in [-0.15, -0.1) is 0 Å². The van der Waals surface area contributed by atoms with Crippen LogP contribution in [0, 0.1) is 22.7 Å². The van der Waals surface area contributed by atoms with E-state index in [2.05, 4.69) is 24.9 Å². The van der Waals surface area contributed by atoms with Gasteiger partial charge in [-0.2, -0.15) is 5.26 Å². The van der Waals surface area contributed by atoms with Crippen molar-refractivity contribution in [3.8, 4) is 17.6 Å². The highest BCUT2D eigenvalue weighted by atomic mass is 16.5. The maximum Gasteiger partial charge on any atom is 0.161 e. The summed E-state index contributed by atoms with van der Waals surface area (Å²) >= 11 is 0. The number of rotatable bonds is 3. The predicted molar refractivity (Wildman–Crippen MR) is 99.5 cm³/mol. The molecule has 26 heavy (non-hydrogen) atoms. The zero-order chi connectivity index (χ0) is 19.1. The van der Waals surface area contributed by atoms with Crippen molar-refractivity contribution >= 4 is 11.5 Å². The predicted octanol–water partition coefficient (Wildman–Crippen LogP) is 4.04. The van der Waals surface area contributed by atoms with E-state index >= 15 is 0 Å². The molecule has 2 atom stereocenters. The molecule has 1 aliphatic heterocycles. The smallest absolute Gasteiger partial charge is 0.161 e. The van der Waals surface area contributed by atoms with Crippen molar-refractivity contribution in [3.63, 3.8) is 0 Å². The van der Waals surface area contributed by atoms with Gasteiger partial charge in [0.15, 0.2) is 17.3 Å². The molecule has 2 aliphatic rings. The quantitative estimate of drug-likeness (QED) is 0.823. The van der Waals surface area contributed by atoms with Gasteiger partial charge >= 0.3 is 0 Å². The molecule has 136 valence electrons. The Bertz CT molecular complexity index is 858. The average Bonchev–Trinajstić information content (AvgIpc) is 2.58. The minimum Gasteiger partial charge on any atom is -0.493 e. The van der Waals surface area contributed by atoms with E-state index in [0.717, 1.165) is 23.4 Å². The SMILES string of the molecule is COc1ccc([C@@H]2C3=C(CC(C)(C)CC3=O)N=C(C)C2C#N)cc1OC. The van der Waals surface area contributed by atoms with Crippen molar-refractivity contribution in [2.45, 2.75) is 39.5 Å². The lowest BCUT2D eigenvalue weighted by molar-refractivity contribution is -0.118. The first-order valence-corrected chi connectivity index (χ1v) is 8.74. The van der Waals surface area contributed by atoms with Crippen LogP contribution in [0.15, 0.2) is 34.5 Å². The normalized spacial score (nSPS) is 24.5. The number of carbonyl (C=O) groups is 1. The second-order valence-corrected chi connectivity index (χ2v) is 7.75. The maximum atomic E-state index is 13.0. The number of carbonyl (C=O) groups excluding carboxylic acids is 1. The van der Waals surface area contributed by atoms with Gasteiger partial charge in [0.05, 0.1) is 26.2 Å². The summed E-state index contributed by atoms with van der Waals surface area (Å²) in [5.41, 5.74) is 3.05. The Balaban J connectivity index is 2.18. The Morgan fingerprint density at radius 2 is 1.88 bits per heavy atom. The summed E-state index contributed by atoms with van der Waals surface area (Å²) in [5.74, 6) is 0.518. The molecule has 1 aromatic rings. The molecule has 3 rings (SSSR count). The summed E-state index contributed by atoms with van der Waals surface area (Å²) in [5, 5.41) is 9.78. The first-order chi connectivity index (χ1) is 12.3. The standard InChI is InChI=1S/C21H24N2O3/c1-12-14(11-22)19(13-6-7-17(25-4)18(8-13)26-5)20-15(23-12)9-21(2,3)10-16(20)24/h6-8,14,19H,9-10H2,1-5H3/t14?,19-/m0/s1. The van der Waals surface area contributed by atoms with Crippen LogP contribution in [-0.4, -0.2) is 25.7 Å². The lowest BCUT2D eigenvalue weighted by Gasteiger charge is -2.38. The lowest BCUT2D eigenvalue weighted by atomic mass is 9.67. The summed E-state index contributed by atoms with van der Waals surface area (Å²) in [4.78, 5) is 17.6.